The number of benzene rings is 2. The number of pyridine rings is 1. The van der Waals surface area contributed by atoms with Gasteiger partial charge in [-0.3, -0.25) is 4.79 Å². The third-order valence-electron chi connectivity index (χ3n) is 4.15. The minimum atomic E-state index is -0.220. The number of carbonyl (C=O) groups excluding carboxylic acids is 1. The first kappa shape index (κ1) is 18.5. The Morgan fingerprint density at radius 3 is 2.04 bits per heavy atom. The molecular formula is C22H24N4O. The summed E-state index contributed by atoms with van der Waals surface area (Å²) in [5, 5.41) is 6.19. The second kappa shape index (κ2) is 7.91. The molecule has 0 aliphatic heterocycles. The highest BCUT2D eigenvalue weighted by Crippen LogP contribution is 2.20. The quantitative estimate of drug-likeness (QED) is 0.689. The van der Waals surface area contributed by atoms with Crippen molar-refractivity contribution in [1.82, 2.24) is 4.98 Å². The lowest BCUT2D eigenvalue weighted by Crippen LogP contribution is -2.13. The molecule has 5 nitrogen and oxygen atoms in total. The predicted molar refractivity (Wildman–Crippen MR) is 112 cm³/mol. The molecule has 1 amide bonds. The Labute approximate surface area is 160 Å². The number of anilines is 4. The highest BCUT2D eigenvalue weighted by Gasteiger charge is 2.08. The van der Waals surface area contributed by atoms with Gasteiger partial charge in [-0.05, 0) is 73.5 Å². The number of aryl methyl sites for hydroxylation is 2. The monoisotopic (exact) mass is 360 g/mol. The van der Waals surface area contributed by atoms with Crippen LogP contribution in [-0.4, -0.2) is 25.0 Å². The number of hydrogen-bond acceptors (Lipinski definition) is 4. The largest absolute Gasteiger partial charge is 0.378 e. The summed E-state index contributed by atoms with van der Waals surface area (Å²) in [6.45, 7) is 4.01. The predicted octanol–water partition coefficient (Wildman–Crippen LogP) is 4.76. The Hall–Kier alpha value is -3.34. The highest BCUT2D eigenvalue weighted by molar-refractivity contribution is 6.03. The van der Waals surface area contributed by atoms with Crippen LogP contribution in [0.3, 0.4) is 0 Å². The van der Waals surface area contributed by atoms with Crippen molar-refractivity contribution < 1.29 is 4.79 Å². The van der Waals surface area contributed by atoms with E-state index in [4.69, 9.17) is 0 Å². The van der Waals surface area contributed by atoms with Crippen LogP contribution in [0.15, 0.2) is 60.8 Å². The van der Waals surface area contributed by atoms with Gasteiger partial charge in [-0.2, -0.15) is 0 Å². The molecule has 0 atom stereocenters. The minimum Gasteiger partial charge on any atom is -0.378 e. The Kier molecular flexibility index (Phi) is 5.41. The van der Waals surface area contributed by atoms with E-state index in [1.165, 1.54) is 0 Å². The van der Waals surface area contributed by atoms with E-state index in [2.05, 4.69) is 26.6 Å². The number of amides is 1. The Morgan fingerprint density at radius 1 is 0.852 bits per heavy atom. The molecule has 0 saturated carbocycles. The van der Waals surface area contributed by atoms with Gasteiger partial charge in [0.2, 0.25) is 0 Å². The summed E-state index contributed by atoms with van der Waals surface area (Å²) in [6, 6.07) is 17.6. The van der Waals surface area contributed by atoms with Gasteiger partial charge in [0.25, 0.3) is 5.91 Å². The van der Waals surface area contributed by atoms with Crippen LogP contribution in [0.4, 0.5) is 22.7 Å². The topological polar surface area (TPSA) is 57.3 Å². The van der Waals surface area contributed by atoms with Crippen LogP contribution in [0.1, 0.15) is 21.6 Å². The van der Waals surface area contributed by atoms with E-state index in [1.54, 1.807) is 12.3 Å². The lowest BCUT2D eigenvalue weighted by atomic mass is 10.1. The zero-order chi connectivity index (χ0) is 19.4. The number of aromatic nitrogens is 1. The molecule has 2 aromatic carbocycles. The maximum Gasteiger partial charge on any atom is 0.274 e. The van der Waals surface area contributed by atoms with Crippen molar-refractivity contribution in [1.29, 1.82) is 0 Å². The van der Waals surface area contributed by atoms with Gasteiger partial charge in [0, 0.05) is 31.2 Å². The van der Waals surface area contributed by atoms with E-state index in [-0.39, 0.29) is 5.91 Å². The number of hydrogen-bond donors (Lipinski definition) is 2. The summed E-state index contributed by atoms with van der Waals surface area (Å²) in [5.74, 6) is -0.220. The zero-order valence-electron chi connectivity index (χ0n) is 16.1. The second-order valence-electron chi connectivity index (χ2n) is 6.83. The Bertz CT molecular complexity index is 911. The van der Waals surface area contributed by atoms with Crippen molar-refractivity contribution in [3.8, 4) is 0 Å². The fourth-order valence-electron chi connectivity index (χ4n) is 2.85. The van der Waals surface area contributed by atoms with E-state index >= 15 is 0 Å². The average Bonchev–Trinajstić information content (AvgIpc) is 2.62. The van der Waals surface area contributed by atoms with Crippen molar-refractivity contribution >= 4 is 28.7 Å². The molecule has 138 valence electrons. The summed E-state index contributed by atoms with van der Waals surface area (Å²) in [6.07, 6.45) is 1.66. The molecule has 1 aromatic heterocycles. The van der Waals surface area contributed by atoms with Crippen molar-refractivity contribution in [2.75, 3.05) is 29.6 Å². The van der Waals surface area contributed by atoms with Gasteiger partial charge in [-0.1, -0.05) is 6.07 Å². The number of nitrogens with one attached hydrogen (secondary N) is 2. The highest BCUT2D eigenvalue weighted by atomic mass is 16.1. The molecule has 27 heavy (non-hydrogen) atoms. The molecule has 5 heteroatoms. The summed E-state index contributed by atoms with van der Waals surface area (Å²) in [4.78, 5) is 18.7. The number of carbonyl (C=O) groups is 1. The molecule has 0 fully saturated rings. The smallest absolute Gasteiger partial charge is 0.274 e. The maximum absolute atomic E-state index is 12.4. The number of rotatable bonds is 5. The van der Waals surface area contributed by atoms with Crippen molar-refractivity contribution in [3.63, 3.8) is 0 Å². The Morgan fingerprint density at radius 2 is 1.48 bits per heavy atom. The second-order valence-corrected chi connectivity index (χ2v) is 6.83. The van der Waals surface area contributed by atoms with Gasteiger partial charge in [-0.25, -0.2) is 4.98 Å². The molecule has 2 N–H and O–H groups in total. The van der Waals surface area contributed by atoms with Gasteiger partial charge in [0.15, 0.2) is 0 Å². The molecule has 0 unspecified atom stereocenters. The van der Waals surface area contributed by atoms with Crippen molar-refractivity contribution in [2.24, 2.45) is 0 Å². The van der Waals surface area contributed by atoms with E-state index in [0.717, 1.165) is 33.9 Å². The molecule has 3 rings (SSSR count). The summed E-state index contributed by atoms with van der Waals surface area (Å²) in [5.41, 5.74) is 6.31. The van der Waals surface area contributed by atoms with Gasteiger partial charge >= 0.3 is 0 Å². The fraction of sp³-hybridized carbons (Fsp3) is 0.182. The van der Waals surface area contributed by atoms with Crippen LogP contribution in [0, 0.1) is 13.8 Å². The molecule has 0 spiro atoms. The molecule has 0 radical (unpaired) electrons. The van der Waals surface area contributed by atoms with Crippen LogP contribution < -0.4 is 15.5 Å². The first-order valence-electron chi connectivity index (χ1n) is 8.81. The van der Waals surface area contributed by atoms with Crippen molar-refractivity contribution in [3.05, 3.63) is 77.6 Å². The fourth-order valence-corrected chi connectivity index (χ4v) is 2.85. The molecule has 0 bridgehead atoms. The first-order chi connectivity index (χ1) is 12.9. The van der Waals surface area contributed by atoms with Crippen LogP contribution in [-0.2, 0) is 0 Å². The standard InChI is InChI=1S/C22H24N4O/c1-15-11-16(2)13-19(12-15)25-22(27)21-10-7-18(14-23-21)24-17-5-8-20(9-6-17)26(3)4/h5-14,24H,1-4H3,(H,25,27). The van der Waals surface area contributed by atoms with E-state index in [1.807, 2.05) is 70.4 Å². The van der Waals surface area contributed by atoms with Crippen LogP contribution in [0.25, 0.3) is 0 Å². The zero-order valence-corrected chi connectivity index (χ0v) is 16.1. The van der Waals surface area contributed by atoms with E-state index in [9.17, 15) is 4.79 Å². The van der Waals surface area contributed by atoms with Gasteiger partial charge in [0.1, 0.15) is 5.69 Å². The average molecular weight is 360 g/mol. The molecule has 0 saturated heterocycles. The van der Waals surface area contributed by atoms with Crippen molar-refractivity contribution in [2.45, 2.75) is 13.8 Å². The Balaban J connectivity index is 1.66. The van der Waals surface area contributed by atoms with Gasteiger partial charge < -0.3 is 15.5 Å². The van der Waals surface area contributed by atoms with Gasteiger partial charge in [0.05, 0.1) is 11.9 Å². The number of nitrogens with zero attached hydrogens (tertiary/aromatic N) is 2. The molecule has 3 aromatic rings. The first-order valence-corrected chi connectivity index (χ1v) is 8.81. The third kappa shape index (κ3) is 4.85. The molecule has 1 heterocycles. The molecular weight excluding hydrogens is 336 g/mol. The lowest BCUT2D eigenvalue weighted by Gasteiger charge is -2.13. The van der Waals surface area contributed by atoms with Crippen LogP contribution in [0.5, 0.6) is 0 Å². The third-order valence-corrected chi connectivity index (χ3v) is 4.15. The van der Waals surface area contributed by atoms with Crippen LogP contribution >= 0.6 is 0 Å². The van der Waals surface area contributed by atoms with Crippen LogP contribution in [0.2, 0.25) is 0 Å². The van der Waals surface area contributed by atoms with E-state index < -0.39 is 0 Å². The summed E-state index contributed by atoms with van der Waals surface area (Å²) >= 11 is 0. The molecule has 0 aliphatic rings. The SMILES string of the molecule is Cc1cc(C)cc(NC(=O)c2ccc(Nc3ccc(N(C)C)cc3)cn2)c1. The lowest BCUT2D eigenvalue weighted by molar-refractivity contribution is 0.102. The summed E-state index contributed by atoms with van der Waals surface area (Å²) < 4.78 is 0. The maximum atomic E-state index is 12.4. The van der Waals surface area contributed by atoms with E-state index in [0.29, 0.717) is 5.69 Å². The minimum absolute atomic E-state index is 0.220. The molecule has 0 aliphatic carbocycles. The van der Waals surface area contributed by atoms with Gasteiger partial charge in [-0.15, -0.1) is 0 Å². The summed E-state index contributed by atoms with van der Waals surface area (Å²) in [7, 11) is 4.02. The normalized spacial score (nSPS) is 10.4.